The van der Waals surface area contributed by atoms with Gasteiger partial charge in [0.2, 0.25) is 0 Å². The molecule has 2 rings (SSSR count). The zero-order chi connectivity index (χ0) is 11.4. The van der Waals surface area contributed by atoms with Crippen LogP contribution in [-0.4, -0.2) is 42.3 Å². The lowest BCUT2D eigenvalue weighted by Crippen LogP contribution is -2.42. The van der Waals surface area contributed by atoms with Crippen molar-refractivity contribution >= 4 is 21.7 Å². The van der Waals surface area contributed by atoms with E-state index in [9.17, 15) is 4.79 Å². The minimum atomic E-state index is -0.194. The highest BCUT2D eigenvalue weighted by Gasteiger charge is 2.14. The first-order valence-electron chi connectivity index (χ1n) is 5.07. The van der Waals surface area contributed by atoms with Gasteiger partial charge in [0.1, 0.15) is 10.3 Å². The molecule has 0 bridgehead atoms. The fourth-order valence-corrected chi connectivity index (χ4v) is 1.82. The Labute approximate surface area is 101 Å². The van der Waals surface area contributed by atoms with E-state index < -0.39 is 0 Å². The van der Waals surface area contributed by atoms with Gasteiger partial charge in [0.25, 0.3) is 5.56 Å². The first-order valence-corrected chi connectivity index (χ1v) is 5.86. The number of nitrogens with zero attached hydrogens (tertiary/aromatic N) is 1. The molecule has 1 unspecified atom stereocenters. The zero-order valence-electron chi connectivity index (χ0n) is 8.62. The van der Waals surface area contributed by atoms with Crippen LogP contribution >= 0.6 is 15.9 Å². The quantitative estimate of drug-likeness (QED) is 0.726. The standard InChI is InChI=1S/C9H13BrN4O2/c10-7-8(13-5-14-9(7)15)12-4-6-3-11-1-2-16-6/h5-6,11H,1-4H2,(H2,12,13,14,15). The summed E-state index contributed by atoms with van der Waals surface area (Å²) in [6, 6.07) is 0. The van der Waals surface area contributed by atoms with Crippen LogP contribution in [-0.2, 0) is 4.74 Å². The number of anilines is 1. The molecule has 7 heteroatoms. The van der Waals surface area contributed by atoms with E-state index in [1.54, 1.807) is 0 Å². The highest BCUT2D eigenvalue weighted by Crippen LogP contribution is 2.13. The second kappa shape index (κ2) is 5.42. The van der Waals surface area contributed by atoms with Gasteiger partial charge in [-0.2, -0.15) is 0 Å². The van der Waals surface area contributed by atoms with Gasteiger partial charge in [-0.25, -0.2) is 4.98 Å². The number of aromatic amines is 1. The molecule has 0 radical (unpaired) electrons. The number of ether oxygens (including phenoxy) is 1. The minimum absolute atomic E-state index is 0.113. The summed E-state index contributed by atoms with van der Waals surface area (Å²) in [5.74, 6) is 0.540. The van der Waals surface area contributed by atoms with Gasteiger partial charge in [0, 0.05) is 19.6 Å². The Morgan fingerprint density at radius 2 is 2.56 bits per heavy atom. The first kappa shape index (κ1) is 11.6. The molecular weight excluding hydrogens is 276 g/mol. The largest absolute Gasteiger partial charge is 0.374 e. The second-order valence-corrected chi connectivity index (χ2v) is 4.27. The average molecular weight is 289 g/mol. The SMILES string of the molecule is O=c1[nH]cnc(NCC2CNCCO2)c1Br. The van der Waals surface area contributed by atoms with Crippen molar-refractivity contribution in [2.75, 3.05) is 31.6 Å². The van der Waals surface area contributed by atoms with Crippen LogP contribution in [0.1, 0.15) is 0 Å². The zero-order valence-corrected chi connectivity index (χ0v) is 10.2. The van der Waals surface area contributed by atoms with Crippen molar-refractivity contribution in [1.82, 2.24) is 15.3 Å². The normalized spacial score (nSPS) is 20.7. The molecule has 6 nitrogen and oxygen atoms in total. The summed E-state index contributed by atoms with van der Waals surface area (Å²) >= 11 is 3.18. The summed E-state index contributed by atoms with van der Waals surface area (Å²) in [7, 11) is 0. The molecule has 1 aromatic rings. The Bertz CT molecular complexity index is 403. The van der Waals surface area contributed by atoms with Crippen molar-refractivity contribution in [3.8, 4) is 0 Å². The number of H-pyrrole nitrogens is 1. The van der Waals surface area contributed by atoms with Crippen LogP contribution in [0, 0.1) is 0 Å². The van der Waals surface area contributed by atoms with E-state index in [4.69, 9.17) is 4.74 Å². The lowest BCUT2D eigenvalue weighted by Gasteiger charge is -2.24. The highest BCUT2D eigenvalue weighted by atomic mass is 79.9. The third-order valence-electron chi connectivity index (χ3n) is 2.30. The van der Waals surface area contributed by atoms with Crippen molar-refractivity contribution < 1.29 is 4.74 Å². The smallest absolute Gasteiger partial charge is 0.267 e. The van der Waals surface area contributed by atoms with Gasteiger partial charge in [-0.05, 0) is 15.9 Å². The van der Waals surface area contributed by atoms with E-state index in [-0.39, 0.29) is 11.7 Å². The summed E-state index contributed by atoms with van der Waals surface area (Å²) in [5.41, 5.74) is -0.194. The molecule has 1 fully saturated rings. The maximum Gasteiger partial charge on any atom is 0.267 e. The van der Waals surface area contributed by atoms with Gasteiger partial charge in [-0.1, -0.05) is 0 Å². The van der Waals surface area contributed by atoms with Crippen molar-refractivity contribution in [2.24, 2.45) is 0 Å². The molecule has 3 N–H and O–H groups in total. The number of rotatable bonds is 3. The number of nitrogens with one attached hydrogen (secondary N) is 3. The van der Waals surface area contributed by atoms with E-state index in [2.05, 4.69) is 36.5 Å². The lowest BCUT2D eigenvalue weighted by molar-refractivity contribution is 0.0372. The molecule has 1 saturated heterocycles. The van der Waals surface area contributed by atoms with E-state index in [0.717, 1.165) is 19.7 Å². The summed E-state index contributed by atoms with van der Waals surface area (Å²) < 4.78 is 5.93. The van der Waals surface area contributed by atoms with Crippen LogP contribution in [0.5, 0.6) is 0 Å². The molecule has 0 saturated carbocycles. The highest BCUT2D eigenvalue weighted by molar-refractivity contribution is 9.10. The molecule has 0 amide bonds. The maximum atomic E-state index is 11.3. The fourth-order valence-electron chi connectivity index (χ4n) is 1.47. The van der Waals surface area contributed by atoms with Crippen molar-refractivity contribution in [3.05, 3.63) is 21.2 Å². The van der Waals surface area contributed by atoms with Crippen LogP contribution in [0.15, 0.2) is 15.6 Å². The Morgan fingerprint density at radius 3 is 3.31 bits per heavy atom. The Balaban J connectivity index is 1.93. The summed E-state index contributed by atoms with van der Waals surface area (Å²) in [5, 5.41) is 6.31. The molecular formula is C9H13BrN4O2. The summed E-state index contributed by atoms with van der Waals surface area (Å²) in [6.45, 7) is 3.05. The molecule has 1 aromatic heterocycles. The van der Waals surface area contributed by atoms with Gasteiger partial charge >= 0.3 is 0 Å². The molecule has 88 valence electrons. The van der Waals surface area contributed by atoms with Crippen molar-refractivity contribution in [3.63, 3.8) is 0 Å². The van der Waals surface area contributed by atoms with E-state index >= 15 is 0 Å². The minimum Gasteiger partial charge on any atom is -0.374 e. The summed E-state index contributed by atoms with van der Waals surface area (Å²) in [6.07, 6.45) is 1.48. The van der Waals surface area contributed by atoms with Crippen LogP contribution in [0.25, 0.3) is 0 Å². The van der Waals surface area contributed by atoms with Gasteiger partial charge in [0.05, 0.1) is 19.0 Å². The molecule has 1 aliphatic rings. The van der Waals surface area contributed by atoms with Gasteiger partial charge < -0.3 is 20.4 Å². The molecule has 2 heterocycles. The van der Waals surface area contributed by atoms with Crippen molar-refractivity contribution in [2.45, 2.75) is 6.10 Å². The topological polar surface area (TPSA) is 79.0 Å². The average Bonchev–Trinajstić information content (AvgIpc) is 2.32. The molecule has 0 aliphatic carbocycles. The Hall–Kier alpha value is -0.920. The predicted octanol–water partition coefficient (Wildman–Crippen LogP) is -0.0673. The third kappa shape index (κ3) is 2.81. The number of hydrogen-bond donors (Lipinski definition) is 3. The second-order valence-electron chi connectivity index (χ2n) is 3.47. The first-order chi connectivity index (χ1) is 7.77. The van der Waals surface area contributed by atoms with Gasteiger partial charge in [-0.15, -0.1) is 0 Å². The fraction of sp³-hybridized carbons (Fsp3) is 0.556. The third-order valence-corrected chi connectivity index (χ3v) is 3.03. The number of hydrogen-bond acceptors (Lipinski definition) is 5. The Kier molecular flexibility index (Phi) is 3.92. The van der Waals surface area contributed by atoms with Gasteiger partial charge in [-0.3, -0.25) is 4.79 Å². The molecule has 1 atom stereocenters. The number of aromatic nitrogens is 2. The molecule has 16 heavy (non-hydrogen) atoms. The van der Waals surface area contributed by atoms with Crippen molar-refractivity contribution in [1.29, 1.82) is 0 Å². The van der Waals surface area contributed by atoms with E-state index in [0.29, 0.717) is 16.8 Å². The predicted molar refractivity (Wildman–Crippen MR) is 63.7 cm³/mol. The number of halogens is 1. The maximum absolute atomic E-state index is 11.3. The lowest BCUT2D eigenvalue weighted by atomic mass is 10.3. The van der Waals surface area contributed by atoms with Gasteiger partial charge in [0.15, 0.2) is 0 Å². The number of morpholine rings is 1. The van der Waals surface area contributed by atoms with Crippen LogP contribution < -0.4 is 16.2 Å². The molecule has 0 spiro atoms. The van der Waals surface area contributed by atoms with Crippen LogP contribution in [0.3, 0.4) is 0 Å². The molecule has 0 aromatic carbocycles. The van der Waals surface area contributed by atoms with Crippen LogP contribution in [0.4, 0.5) is 5.82 Å². The van der Waals surface area contributed by atoms with E-state index in [1.807, 2.05) is 0 Å². The van der Waals surface area contributed by atoms with Crippen LogP contribution in [0.2, 0.25) is 0 Å². The van der Waals surface area contributed by atoms with E-state index in [1.165, 1.54) is 6.33 Å². The summed E-state index contributed by atoms with van der Waals surface area (Å²) in [4.78, 5) is 17.8. The molecule has 1 aliphatic heterocycles. The Morgan fingerprint density at radius 1 is 1.69 bits per heavy atom. The monoisotopic (exact) mass is 288 g/mol.